The molecule has 0 fully saturated rings. The van der Waals surface area contributed by atoms with Crippen molar-refractivity contribution >= 4 is 34.5 Å². The molecule has 0 unspecified atom stereocenters. The quantitative estimate of drug-likeness (QED) is 0.921. The number of nitrogens with one attached hydrogen (secondary N) is 1. The van der Waals surface area contributed by atoms with E-state index in [0.717, 1.165) is 16.1 Å². The molecule has 0 spiro atoms. The minimum absolute atomic E-state index is 0.0693. The number of benzene rings is 1. The molecule has 0 atom stereocenters. The number of thiophene rings is 1. The fraction of sp³-hybridized carbons (Fsp3) is 0.294. The van der Waals surface area contributed by atoms with Crippen molar-refractivity contribution in [1.82, 2.24) is 0 Å². The zero-order valence-corrected chi connectivity index (χ0v) is 13.9. The summed E-state index contributed by atoms with van der Waals surface area (Å²) in [5, 5.41) is 2.91. The van der Waals surface area contributed by atoms with E-state index in [4.69, 9.17) is 0 Å². The van der Waals surface area contributed by atoms with Crippen molar-refractivity contribution in [2.75, 3.05) is 17.3 Å². The van der Waals surface area contributed by atoms with Crippen LogP contribution in [0.5, 0.6) is 0 Å². The van der Waals surface area contributed by atoms with Crippen molar-refractivity contribution < 1.29 is 9.59 Å². The van der Waals surface area contributed by atoms with Gasteiger partial charge in [0.05, 0.1) is 10.3 Å². The number of amides is 2. The molecule has 5 heteroatoms. The van der Waals surface area contributed by atoms with E-state index in [2.05, 4.69) is 5.32 Å². The first-order valence-electron chi connectivity index (χ1n) is 7.11. The van der Waals surface area contributed by atoms with Crippen LogP contribution < -0.4 is 10.2 Å². The first-order valence-corrected chi connectivity index (χ1v) is 7.93. The number of nitrogens with zero attached hydrogens (tertiary/aromatic N) is 1. The number of carbonyl (C=O) groups excluding carboxylic acids is 2. The lowest BCUT2D eigenvalue weighted by Crippen LogP contribution is -2.33. The highest BCUT2D eigenvalue weighted by atomic mass is 32.1. The van der Waals surface area contributed by atoms with Crippen LogP contribution in [-0.4, -0.2) is 18.9 Å². The van der Waals surface area contributed by atoms with E-state index in [1.165, 1.54) is 11.3 Å². The third-order valence-corrected chi connectivity index (χ3v) is 5.09. The Labute approximate surface area is 133 Å². The Hall–Kier alpha value is -2.14. The molecule has 0 saturated carbocycles. The Morgan fingerprint density at radius 1 is 1.23 bits per heavy atom. The minimum Gasteiger partial charge on any atom is -0.321 e. The number of fused-ring (bicyclic) bond motifs is 1. The molecule has 0 aliphatic carbocycles. The Morgan fingerprint density at radius 3 is 2.59 bits per heavy atom. The monoisotopic (exact) mass is 314 g/mol. The van der Waals surface area contributed by atoms with Crippen LogP contribution in [0.2, 0.25) is 0 Å². The molecule has 3 rings (SSSR count). The summed E-state index contributed by atoms with van der Waals surface area (Å²) in [4.78, 5) is 28.0. The molecule has 1 N–H and O–H groups in total. The second-order valence-electron chi connectivity index (χ2n) is 6.09. The number of hydrogen-bond donors (Lipinski definition) is 1. The summed E-state index contributed by atoms with van der Waals surface area (Å²) >= 11 is 1.47. The van der Waals surface area contributed by atoms with Crippen molar-refractivity contribution in [2.24, 2.45) is 0 Å². The number of rotatable bonds is 2. The highest BCUT2D eigenvalue weighted by Gasteiger charge is 2.42. The Balaban J connectivity index is 1.91. The third kappa shape index (κ3) is 2.22. The molecule has 0 radical (unpaired) electrons. The SMILES string of the molecule is Cc1ccc(C(=O)Nc2ccc3c(c2)C(C)(C)C(=O)N3C)s1. The van der Waals surface area contributed by atoms with Crippen LogP contribution in [0, 0.1) is 6.92 Å². The molecule has 2 heterocycles. The molecule has 0 saturated heterocycles. The highest BCUT2D eigenvalue weighted by Crippen LogP contribution is 2.41. The summed E-state index contributed by atoms with van der Waals surface area (Å²) < 4.78 is 0. The zero-order chi connectivity index (χ0) is 16.1. The number of anilines is 2. The van der Waals surface area contributed by atoms with Gasteiger partial charge in [0.25, 0.3) is 5.91 Å². The van der Waals surface area contributed by atoms with Crippen LogP contribution in [0.3, 0.4) is 0 Å². The van der Waals surface area contributed by atoms with E-state index in [0.29, 0.717) is 10.6 Å². The molecule has 114 valence electrons. The van der Waals surface area contributed by atoms with Gasteiger partial charge in [-0.25, -0.2) is 0 Å². The molecule has 2 aromatic rings. The van der Waals surface area contributed by atoms with Gasteiger partial charge in [-0.1, -0.05) is 0 Å². The lowest BCUT2D eigenvalue weighted by molar-refractivity contribution is -0.121. The summed E-state index contributed by atoms with van der Waals surface area (Å²) in [6.07, 6.45) is 0. The van der Waals surface area contributed by atoms with Crippen LogP contribution in [0.15, 0.2) is 30.3 Å². The van der Waals surface area contributed by atoms with E-state index in [1.54, 1.807) is 11.9 Å². The Morgan fingerprint density at radius 2 is 1.95 bits per heavy atom. The zero-order valence-electron chi connectivity index (χ0n) is 13.1. The minimum atomic E-state index is -0.565. The number of aryl methyl sites for hydroxylation is 1. The number of hydrogen-bond acceptors (Lipinski definition) is 3. The molecule has 1 aromatic carbocycles. The van der Waals surface area contributed by atoms with Crippen molar-refractivity contribution in [2.45, 2.75) is 26.2 Å². The maximum absolute atomic E-state index is 12.3. The van der Waals surface area contributed by atoms with E-state index in [9.17, 15) is 9.59 Å². The molecule has 4 nitrogen and oxygen atoms in total. The normalized spacial score (nSPS) is 15.8. The smallest absolute Gasteiger partial charge is 0.265 e. The predicted octanol–water partition coefficient (Wildman–Crippen LogP) is 3.56. The molecule has 22 heavy (non-hydrogen) atoms. The molecule has 2 amide bonds. The van der Waals surface area contributed by atoms with Gasteiger partial charge in [0.15, 0.2) is 0 Å². The van der Waals surface area contributed by atoms with E-state index in [1.807, 2.05) is 51.1 Å². The number of likely N-dealkylation sites (N-methyl/N-ethyl adjacent to an activating group) is 1. The van der Waals surface area contributed by atoms with Crippen molar-refractivity contribution in [3.05, 3.63) is 45.6 Å². The molecular weight excluding hydrogens is 296 g/mol. The lowest BCUT2D eigenvalue weighted by Gasteiger charge is -2.16. The lowest BCUT2D eigenvalue weighted by atomic mass is 9.86. The first-order chi connectivity index (χ1) is 10.3. The Bertz CT molecular complexity index is 777. The van der Waals surface area contributed by atoms with E-state index in [-0.39, 0.29) is 11.8 Å². The van der Waals surface area contributed by atoms with Gasteiger partial charge in [0.1, 0.15) is 0 Å². The van der Waals surface area contributed by atoms with E-state index < -0.39 is 5.41 Å². The average Bonchev–Trinajstić information content (AvgIpc) is 2.97. The second kappa shape index (κ2) is 4.95. The van der Waals surface area contributed by atoms with Crippen molar-refractivity contribution in [1.29, 1.82) is 0 Å². The van der Waals surface area contributed by atoms with Gasteiger partial charge >= 0.3 is 0 Å². The summed E-state index contributed by atoms with van der Waals surface area (Å²) in [7, 11) is 1.78. The van der Waals surface area contributed by atoms with Crippen molar-refractivity contribution in [3.8, 4) is 0 Å². The summed E-state index contributed by atoms with van der Waals surface area (Å²) in [6, 6.07) is 9.37. The maximum atomic E-state index is 12.3. The first kappa shape index (κ1) is 14.8. The molecule has 1 aliphatic heterocycles. The standard InChI is InChI=1S/C17H18N2O2S/c1-10-5-8-14(22-10)15(20)18-11-6-7-13-12(9-11)17(2,3)16(21)19(13)4/h5-9H,1-4H3,(H,18,20). The van der Waals surface area contributed by atoms with Gasteiger partial charge in [-0.05, 0) is 56.7 Å². The van der Waals surface area contributed by atoms with E-state index >= 15 is 0 Å². The fourth-order valence-corrected chi connectivity index (χ4v) is 3.56. The number of carbonyl (C=O) groups is 2. The van der Waals surface area contributed by atoms with Crippen molar-refractivity contribution in [3.63, 3.8) is 0 Å². The topological polar surface area (TPSA) is 49.4 Å². The average molecular weight is 314 g/mol. The van der Waals surface area contributed by atoms with Gasteiger partial charge in [-0.2, -0.15) is 0 Å². The molecule has 1 aromatic heterocycles. The Kier molecular flexibility index (Phi) is 3.33. The highest BCUT2D eigenvalue weighted by molar-refractivity contribution is 7.14. The molecule has 0 bridgehead atoms. The fourth-order valence-electron chi connectivity index (χ4n) is 2.80. The van der Waals surface area contributed by atoms with Gasteiger partial charge in [-0.3, -0.25) is 9.59 Å². The van der Waals surface area contributed by atoms with Crippen LogP contribution in [0.1, 0.15) is 34.0 Å². The van der Waals surface area contributed by atoms with Gasteiger partial charge in [-0.15, -0.1) is 11.3 Å². The largest absolute Gasteiger partial charge is 0.321 e. The third-order valence-electron chi connectivity index (χ3n) is 4.09. The van der Waals surface area contributed by atoms with Crippen LogP contribution >= 0.6 is 11.3 Å². The van der Waals surface area contributed by atoms with Crippen LogP contribution in [-0.2, 0) is 10.2 Å². The molecular formula is C17H18N2O2S. The predicted molar refractivity (Wildman–Crippen MR) is 89.9 cm³/mol. The maximum Gasteiger partial charge on any atom is 0.265 e. The van der Waals surface area contributed by atoms with Gasteiger partial charge in [0.2, 0.25) is 5.91 Å². The summed E-state index contributed by atoms with van der Waals surface area (Å²) in [6.45, 7) is 5.79. The summed E-state index contributed by atoms with van der Waals surface area (Å²) in [5.41, 5.74) is 2.00. The van der Waals surface area contributed by atoms with Crippen LogP contribution in [0.25, 0.3) is 0 Å². The van der Waals surface area contributed by atoms with Crippen LogP contribution in [0.4, 0.5) is 11.4 Å². The van der Waals surface area contributed by atoms with Gasteiger partial charge < -0.3 is 10.2 Å². The molecule has 1 aliphatic rings. The second-order valence-corrected chi connectivity index (χ2v) is 7.37. The summed E-state index contributed by atoms with van der Waals surface area (Å²) in [5.74, 6) is -0.0478. The van der Waals surface area contributed by atoms with Gasteiger partial charge in [0, 0.05) is 23.3 Å².